The molecule has 0 spiro atoms. The number of halogens is 2. The normalized spacial score (nSPS) is 13.2. The molecule has 1 amide bonds. The van der Waals surface area contributed by atoms with Gasteiger partial charge in [0.25, 0.3) is 11.1 Å². The molecule has 190 valence electrons. The molecule has 0 aliphatic heterocycles. The minimum Gasteiger partial charge on any atom is -0.449 e. The summed E-state index contributed by atoms with van der Waals surface area (Å²) in [5.74, 6) is -0.168. The molecule has 36 heavy (non-hydrogen) atoms. The van der Waals surface area contributed by atoms with Crippen molar-refractivity contribution in [1.29, 1.82) is 0 Å². The Balaban J connectivity index is 1.60. The number of H-pyrrole nitrogens is 2. The number of aromatic amines is 2. The lowest BCUT2D eigenvalue weighted by Gasteiger charge is -2.24. The van der Waals surface area contributed by atoms with E-state index in [1.807, 2.05) is 6.92 Å². The fraction of sp³-hybridized carbons (Fsp3) is 0.364. The molecule has 1 aliphatic carbocycles. The third-order valence-corrected chi connectivity index (χ3v) is 6.13. The van der Waals surface area contributed by atoms with Gasteiger partial charge < -0.3 is 9.47 Å². The molecule has 1 saturated carbocycles. The minimum atomic E-state index is -0.910. The first-order valence-electron chi connectivity index (χ1n) is 11.2. The maximum Gasteiger partial charge on any atom is 0.413 e. The Kier molecular flexibility index (Phi) is 7.75. The first-order chi connectivity index (χ1) is 17.3. The molecule has 0 unspecified atom stereocenters. The number of unbranched alkanes of at least 4 members (excludes halogenated alkanes) is 1. The van der Waals surface area contributed by atoms with Gasteiger partial charge in [-0.2, -0.15) is 4.68 Å². The fourth-order valence-corrected chi connectivity index (χ4v) is 4.00. The topological polar surface area (TPSA) is 161 Å². The summed E-state index contributed by atoms with van der Waals surface area (Å²) in [4.78, 5) is 50.6. The maximum atomic E-state index is 12.4. The second kappa shape index (κ2) is 11.0. The van der Waals surface area contributed by atoms with Crippen LogP contribution in [0.25, 0.3) is 5.69 Å². The largest absolute Gasteiger partial charge is 0.449 e. The van der Waals surface area contributed by atoms with E-state index in [9.17, 15) is 19.2 Å². The van der Waals surface area contributed by atoms with Crippen LogP contribution in [-0.4, -0.2) is 37.7 Å². The molecule has 3 N–H and O–H groups in total. The van der Waals surface area contributed by atoms with E-state index in [1.54, 1.807) is 6.07 Å². The Bertz CT molecular complexity index is 1440. The van der Waals surface area contributed by atoms with Crippen LogP contribution in [0.1, 0.15) is 50.5 Å². The number of ether oxygens (including phenoxy) is 2. The number of benzene rings is 1. The highest BCUT2D eigenvalue weighted by atomic mass is 35.5. The van der Waals surface area contributed by atoms with Crippen molar-refractivity contribution < 1.29 is 14.3 Å². The van der Waals surface area contributed by atoms with Crippen LogP contribution in [0, 0.1) is 0 Å². The summed E-state index contributed by atoms with van der Waals surface area (Å²) in [6.07, 6.45) is 3.46. The lowest BCUT2D eigenvalue weighted by Crippen LogP contribution is -2.34. The molecule has 1 fully saturated rings. The van der Waals surface area contributed by atoms with Crippen molar-refractivity contribution >= 4 is 35.1 Å². The smallest absolute Gasteiger partial charge is 0.413 e. The quantitative estimate of drug-likeness (QED) is 0.367. The molecule has 14 heteroatoms. The SMILES string of the molecule is CCCCOC(=O)Nc1nn(-c2cc(Cl)c(Oc3cc(C4CCC4)c(=O)[nH]n3)c(Cl)c2)c(=O)[nH]c1=O. The van der Waals surface area contributed by atoms with Gasteiger partial charge in [0, 0.05) is 11.6 Å². The number of hydrogen-bond donors (Lipinski definition) is 3. The summed E-state index contributed by atoms with van der Waals surface area (Å²) in [5, 5.41) is 12.4. The van der Waals surface area contributed by atoms with E-state index >= 15 is 0 Å². The van der Waals surface area contributed by atoms with Gasteiger partial charge in [-0.3, -0.25) is 19.9 Å². The standard InChI is InChI=1S/C22H22Cl2N6O6/c1-2-3-7-35-22(34)25-18-20(32)26-21(33)30(29-18)12-8-14(23)17(15(24)9-12)36-16-10-13(11-5-4-6-11)19(31)28-27-16/h8-11H,2-7H2,1H3,(H,28,31)(H,25,29,34)(H,26,32,33). The number of nitrogens with zero attached hydrogens (tertiary/aromatic N) is 3. The second-order valence-corrected chi connectivity index (χ2v) is 8.91. The molecule has 0 atom stereocenters. The Morgan fingerprint density at radius 1 is 1.17 bits per heavy atom. The molecule has 2 heterocycles. The van der Waals surface area contributed by atoms with E-state index in [4.69, 9.17) is 32.7 Å². The zero-order valence-electron chi connectivity index (χ0n) is 19.1. The van der Waals surface area contributed by atoms with Crippen molar-refractivity contribution in [3.63, 3.8) is 0 Å². The molecule has 1 aromatic carbocycles. The number of nitrogens with one attached hydrogen (secondary N) is 3. The molecule has 0 radical (unpaired) electrons. The Morgan fingerprint density at radius 2 is 1.89 bits per heavy atom. The van der Waals surface area contributed by atoms with Gasteiger partial charge in [-0.05, 0) is 37.3 Å². The van der Waals surface area contributed by atoms with Gasteiger partial charge in [0.15, 0.2) is 5.75 Å². The van der Waals surface area contributed by atoms with Gasteiger partial charge in [-0.25, -0.2) is 14.7 Å². The molecule has 3 aromatic rings. The van der Waals surface area contributed by atoms with E-state index in [1.165, 1.54) is 12.1 Å². The molecule has 1 aliphatic rings. The summed E-state index contributed by atoms with van der Waals surface area (Å²) in [6.45, 7) is 2.10. The molecular formula is C22H22Cl2N6O6. The fourth-order valence-electron chi connectivity index (χ4n) is 3.45. The van der Waals surface area contributed by atoms with Crippen LogP contribution in [0.5, 0.6) is 11.6 Å². The Hall–Kier alpha value is -3.64. The van der Waals surface area contributed by atoms with E-state index in [0.29, 0.717) is 12.0 Å². The van der Waals surface area contributed by atoms with Crippen LogP contribution < -0.4 is 26.9 Å². The Morgan fingerprint density at radius 3 is 2.53 bits per heavy atom. The van der Waals surface area contributed by atoms with Crippen LogP contribution in [-0.2, 0) is 4.74 Å². The lowest BCUT2D eigenvalue weighted by molar-refractivity contribution is 0.159. The number of rotatable bonds is 8. The van der Waals surface area contributed by atoms with Crippen molar-refractivity contribution in [3.8, 4) is 17.3 Å². The summed E-state index contributed by atoms with van der Waals surface area (Å²) in [7, 11) is 0. The van der Waals surface area contributed by atoms with Crippen LogP contribution in [0.2, 0.25) is 10.0 Å². The molecule has 2 aromatic heterocycles. The van der Waals surface area contributed by atoms with Gasteiger partial charge >= 0.3 is 11.8 Å². The van der Waals surface area contributed by atoms with Crippen molar-refractivity contribution in [1.82, 2.24) is 25.0 Å². The number of anilines is 1. The first-order valence-corrected chi connectivity index (χ1v) is 12.0. The lowest BCUT2D eigenvalue weighted by atomic mass is 9.81. The summed E-state index contributed by atoms with van der Waals surface area (Å²) >= 11 is 12.7. The number of aromatic nitrogens is 5. The maximum absolute atomic E-state index is 12.4. The van der Waals surface area contributed by atoms with Crippen molar-refractivity contribution in [2.24, 2.45) is 0 Å². The predicted octanol–water partition coefficient (Wildman–Crippen LogP) is 3.72. The minimum absolute atomic E-state index is 0.00378. The molecule has 0 bridgehead atoms. The number of carbonyl (C=O) groups is 1. The summed E-state index contributed by atoms with van der Waals surface area (Å²) in [6, 6.07) is 4.21. The van der Waals surface area contributed by atoms with Crippen molar-refractivity contribution in [2.75, 3.05) is 11.9 Å². The highest BCUT2D eigenvalue weighted by Gasteiger charge is 2.24. The zero-order valence-corrected chi connectivity index (χ0v) is 20.6. The van der Waals surface area contributed by atoms with Crippen LogP contribution >= 0.6 is 23.2 Å². The highest BCUT2D eigenvalue weighted by Crippen LogP contribution is 2.39. The van der Waals surface area contributed by atoms with Crippen LogP contribution in [0.3, 0.4) is 0 Å². The molecular weight excluding hydrogens is 515 g/mol. The highest BCUT2D eigenvalue weighted by molar-refractivity contribution is 6.37. The molecule has 12 nitrogen and oxygen atoms in total. The average Bonchev–Trinajstić information content (AvgIpc) is 2.79. The predicted molar refractivity (Wildman–Crippen MR) is 132 cm³/mol. The third-order valence-electron chi connectivity index (χ3n) is 5.57. The van der Waals surface area contributed by atoms with Gasteiger partial charge in [-0.15, -0.1) is 10.2 Å². The van der Waals surface area contributed by atoms with E-state index in [-0.39, 0.29) is 45.4 Å². The average molecular weight is 537 g/mol. The van der Waals surface area contributed by atoms with Crippen molar-refractivity contribution in [2.45, 2.75) is 44.9 Å². The van der Waals surface area contributed by atoms with Crippen molar-refractivity contribution in [3.05, 3.63) is 65.0 Å². The van der Waals surface area contributed by atoms with E-state index in [0.717, 1.165) is 30.4 Å². The van der Waals surface area contributed by atoms with Crippen LogP contribution in [0.15, 0.2) is 32.6 Å². The summed E-state index contributed by atoms with van der Waals surface area (Å²) in [5.41, 5.74) is -1.41. The van der Waals surface area contributed by atoms with E-state index in [2.05, 4.69) is 25.6 Å². The zero-order chi connectivity index (χ0) is 25.8. The summed E-state index contributed by atoms with van der Waals surface area (Å²) < 4.78 is 11.5. The number of hydrogen-bond acceptors (Lipinski definition) is 8. The second-order valence-electron chi connectivity index (χ2n) is 8.09. The molecule has 0 saturated heterocycles. The monoisotopic (exact) mass is 536 g/mol. The molecule has 4 rings (SSSR count). The number of amides is 1. The third kappa shape index (κ3) is 5.60. The first kappa shape index (κ1) is 25.5. The van der Waals surface area contributed by atoms with E-state index < -0.39 is 23.2 Å². The van der Waals surface area contributed by atoms with Crippen LogP contribution in [0.4, 0.5) is 10.6 Å². The van der Waals surface area contributed by atoms with Gasteiger partial charge in [0.2, 0.25) is 11.7 Å². The van der Waals surface area contributed by atoms with Gasteiger partial charge in [0.1, 0.15) is 0 Å². The van der Waals surface area contributed by atoms with Gasteiger partial charge in [0.05, 0.1) is 22.3 Å². The van der Waals surface area contributed by atoms with Gasteiger partial charge in [-0.1, -0.05) is 43.0 Å². The Labute approximate surface area is 213 Å². The number of carbonyl (C=O) groups excluding carboxylic acids is 1.